The number of aromatic nitrogens is 2. The minimum absolute atomic E-state index is 0.145. The lowest BCUT2D eigenvalue weighted by Gasteiger charge is -2.14. The SMILES string of the molecule is Cc1ccc(-n2nc(C(C)(C)C)cc2C(=O)Nc2cccc(C)c2)cc1. The van der Waals surface area contributed by atoms with Crippen LogP contribution in [0.15, 0.2) is 54.6 Å². The minimum atomic E-state index is -0.167. The third-order valence-corrected chi connectivity index (χ3v) is 4.26. The first kappa shape index (κ1) is 17.9. The molecule has 134 valence electrons. The van der Waals surface area contributed by atoms with Gasteiger partial charge in [0.15, 0.2) is 0 Å². The first-order valence-corrected chi connectivity index (χ1v) is 8.80. The molecule has 4 heteroatoms. The molecule has 0 atom stereocenters. The Morgan fingerprint density at radius 3 is 2.27 bits per heavy atom. The van der Waals surface area contributed by atoms with Crippen LogP contribution in [0.1, 0.15) is 48.1 Å². The third kappa shape index (κ3) is 3.85. The molecule has 3 aromatic rings. The summed E-state index contributed by atoms with van der Waals surface area (Å²) in [5.41, 5.74) is 5.19. The van der Waals surface area contributed by atoms with Crippen LogP contribution < -0.4 is 5.32 Å². The van der Waals surface area contributed by atoms with Gasteiger partial charge in [-0.25, -0.2) is 4.68 Å². The maximum absolute atomic E-state index is 13.0. The molecular formula is C22H25N3O. The van der Waals surface area contributed by atoms with E-state index in [1.807, 2.05) is 68.4 Å². The van der Waals surface area contributed by atoms with Gasteiger partial charge in [0.1, 0.15) is 5.69 Å². The molecule has 1 N–H and O–H groups in total. The highest BCUT2D eigenvalue weighted by molar-refractivity contribution is 6.03. The summed E-state index contributed by atoms with van der Waals surface area (Å²) in [5, 5.41) is 7.70. The van der Waals surface area contributed by atoms with Gasteiger partial charge in [-0.15, -0.1) is 0 Å². The van der Waals surface area contributed by atoms with E-state index in [-0.39, 0.29) is 11.3 Å². The second kappa shape index (κ2) is 6.79. The van der Waals surface area contributed by atoms with E-state index >= 15 is 0 Å². The van der Waals surface area contributed by atoms with Crippen molar-refractivity contribution in [1.82, 2.24) is 9.78 Å². The summed E-state index contributed by atoms with van der Waals surface area (Å²) >= 11 is 0. The number of hydrogen-bond donors (Lipinski definition) is 1. The summed E-state index contributed by atoms with van der Waals surface area (Å²) in [5.74, 6) is -0.167. The topological polar surface area (TPSA) is 46.9 Å². The number of nitrogens with zero attached hydrogens (tertiary/aromatic N) is 2. The molecule has 0 saturated heterocycles. The normalized spacial score (nSPS) is 11.4. The zero-order valence-electron chi connectivity index (χ0n) is 16.0. The average Bonchev–Trinajstić information content (AvgIpc) is 3.01. The van der Waals surface area contributed by atoms with Gasteiger partial charge in [-0.1, -0.05) is 50.6 Å². The molecule has 0 aliphatic heterocycles. The fourth-order valence-corrected chi connectivity index (χ4v) is 2.71. The summed E-state index contributed by atoms with van der Waals surface area (Å²) in [6.45, 7) is 10.3. The van der Waals surface area contributed by atoms with Crippen LogP contribution in [0.2, 0.25) is 0 Å². The van der Waals surface area contributed by atoms with Crippen LogP contribution in [0.4, 0.5) is 5.69 Å². The molecule has 1 heterocycles. The quantitative estimate of drug-likeness (QED) is 0.721. The molecule has 0 aliphatic carbocycles. The van der Waals surface area contributed by atoms with Gasteiger partial charge in [-0.3, -0.25) is 4.79 Å². The number of carbonyl (C=O) groups is 1. The van der Waals surface area contributed by atoms with Gasteiger partial charge in [0.2, 0.25) is 0 Å². The predicted molar refractivity (Wildman–Crippen MR) is 106 cm³/mol. The Bertz CT molecular complexity index is 931. The second-order valence-corrected chi connectivity index (χ2v) is 7.74. The maximum Gasteiger partial charge on any atom is 0.274 e. The van der Waals surface area contributed by atoms with E-state index < -0.39 is 0 Å². The largest absolute Gasteiger partial charge is 0.321 e. The number of carbonyl (C=O) groups excluding carboxylic acids is 1. The smallest absolute Gasteiger partial charge is 0.274 e. The van der Waals surface area contributed by atoms with Gasteiger partial charge in [-0.05, 0) is 49.7 Å². The van der Waals surface area contributed by atoms with E-state index in [0.29, 0.717) is 5.69 Å². The molecule has 4 nitrogen and oxygen atoms in total. The van der Waals surface area contributed by atoms with Crippen molar-refractivity contribution in [3.05, 3.63) is 77.1 Å². The van der Waals surface area contributed by atoms with Gasteiger partial charge in [0.05, 0.1) is 11.4 Å². The summed E-state index contributed by atoms with van der Waals surface area (Å²) in [4.78, 5) is 13.0. The lowest BCUT2D eigenvalue weighted by molar-refractivity contribution is 0.101. The van der Waals surface area contributed by atoms with Crippen molar-refractivity contribution in [3.63, 3.8) is 0 Å². The average molecular weight is 347 g/mol. The predicted octanol–water partition coefficient (Wildman–Crippen LogP) is 5.04. The molecule has 0 spiro atoms. The first-order valence-electron chi connectivity index (χ1n) is 8.80. The van der Waals surface area contributed by atoms with Crippen LogP contribution in [-0.4, -0.2) is 15.7 Å². The number of benzene rings is 2. The highest BCUT2D eigenvalue weighted by Gasteiger charge is 2.23. The Hall–Kier alpha value is -2.88. The van der Waals surface area contributed by atoms with Crippen LogP contribution in [0, 0.1) is 13.8 Å². The molecule has 0 aliphatic rings. The van der Waals surface area contributed by atoms with E-state index in [4.69, 9.17) is 5.10 Å². The van der Waals surface area contributed by atoms with Gasteiger partial charge in [-0.2, -0.15) is 5.10 Å². The monoisotopic (exact) mass is 347 g/mol. The number of nitrogens with one attached hydrogen (secondary N) is 1. The molecule has 0 saturated carbocycles. The van der Waals surface area contributed by atoms with Crippen LogP contribution in [-0.2, 0) is 5.41 Å². The fourth-order valence-electron chi connectivity index (χ4n) is 2.71. The molecule has 3 rings (SSSR count). The highest BCUT2D eigenvalue weighted by Crippen LogP contribution is 2.24. The van der Waals surface area contributed by atoms with Crippen molar-refractivity contribution in [3.8, 4) is 5.69 Å². The number of anilines is 1. The zero-order valence-corrected chi connectivity index (χ0v) is 16.0. The maximum atomic E-state index is 13.0. The minimum Gasteiger partial charge on any atom is -0.321 e. The van der Waals surface area contributed by atoms with Crippen LogP contribution in [0.5, 0.6) is 0 Å². The number of aryl methyl sites for hydroxylation is 2. The molecule has 1 amide bonds. The number of hydrogen-bond acceptors (Lipinski definition) is 2. The third-order valence-electron chi connectivity index (χ3n) is 4.26. The van der Waals surface area contributed by atoms with Crippen LogP contribution in [0.25, 0.3) is 5.69 Å². The molecule has 0 fully saturated rings. The number of amides is 1. The van der Waals surface area contributed by atoms with Crippen LogP contribution >= 0.6 is 0 Å². The molecule has 1 aromatic heterocycles. The van der Waals surface area contributed by atoms with Crippen molar-refractivity contribution in [1.29, 1.82) is 0 Å². The zero-order chi connectivity index (χ0) is 18.9. The molecule has 2 aromatic carbocycles. The molecule has 26 heavy (non-hydrogen) atoms. The molecule has 0 radical (unpaired) electrons. The highest BCUT2D eigenvalue weighted by atomic mass is 16.2. The second-order valence-electron chi connectivity index (χ2n) is 7.74. The van der Waals surface area contributed by atoms with Crippen molar-refractivity contribution in [2.75, 3.05) is 5.32 Å². The summed E-state index contributed by atoms with van der Waals surface area (Å²) in [6, 6.07) is 17.7. The Morgan fingerprint density at radius 1 is 0.962 bits per heavy atom. The Labute approximate surface area is 154 Å². The summed E-state index contributed by atoms with van der Waals surface area (Å²) < 4.78 is 1.73. The summed E-state index contributed by atoms with van der Waals surface area (Å²) in [6.07, 6.45) is 0. The Kier molecular flexibility index (Phi) is 4.68. The van der Waals surface area contributed by atoms with Crippen molar-refractivity contribution < 1.29 is 4.79 Å². The van der Waals surface area contributed by atoms with Gasteiger partial charge >= 0.3 is 0 Å². The van der Waals surface area contributed by atoms with Gasteiger partial charge in [0.25, 0.3) is 5.91 Å². The lowest BCUT2D eigenvalue weighted by atomic mass is 9.92. The number of rotatable bonds is 3. The fraction of sp³-hybridized carbons (Fsp3) is 0.273. The Balaban J connectivity index is 2.02. The van der Waals surface area contributed by atoms with E-state index in [2.05, 4.69) is 26.1 Å². The lowest BCUT2D eigenvalue weighted by Crippen LogP contribution is -2.17. The van der Waals surface area contributed by atoms with Crippen molar-refractivity contribution >= 4 is 11.6 Å². The van der Waals surface area contributed by atoms with E-state index in [0.717, 1.165) is 22.6 Å². The van der Waals surface area contributed by atoms with Crippen LogP contribution in [0.3, 0.4) is 0 Å². The Morgan fingerprint density at radius 2 is 1.65 bits per heavy atom. The molecular weight excluding hydrogens is 322 g/mol. The van der Waals surface area contributed by atoms with Gasteiger partial charge in [0, 0.05) is 11.1 Å². The van der Waals surface area contributed by atoms with Crippen molar-refractivity contribution in [2.24, 2.45) is 0 Å². The van der Waals surface area contributed by atoms with E-state index in [1.165, 1.54) is 5.56 Å². The standard InChI is InChI=1S/C22H25N3O/c1-15-9-11-18(12-10-15)25-19(14-20(24-25)22(3,4)5)21(26)23-17-8-6-7-16(2)13-17/h6-14H,1-5H3,(H,23,26). The van der Waals surface area contributed by atoms with Crippen molar-refractivity contribution in [2.45, 2.75) is 40.0 Å². The molecule has 0 unspecified atom stereocenters. The van der Waals surface area contributed by atoms with E-state index in [9.17, 15) is 4.79 Å². The summed E-state index contributed by atoms with van der Waals surface area (Å²) in [7, 11) is 0. The first-order chi connectivity index (χ1) is 12.2. The van der Waals surface area contributed by atoms with E-state index in [1.54, 1.807) is 4.68 Å². The van der Waals surface area contributed by atoms with Gasteiger partial charge < -0.3 is 5.32 Å². The molecule has 0 bridgehead atoms.